The van der Waals surface area contributed by atoms with Crippen molar-refractivity contribution in [3.8, 4) is 5.75 Å². The predicted octanol–water partition coefficient (Wildman–Crippen LogP) is 3.68. The number of halogens is 1. The van der Waals surface area contributed by atoms with Crippen LogP contribution in [0, 0.1) is 12.7 Å². The third kappa shape index (κ3) is 3.98. The van der Waals surface area contributed by atoms with Gasteiger partial charge in [-0.1, -0.05) is 20.3 Å². The molecule has 1 aromatic carbocycles. The van der Waals surface area contributed by atoms with Gasteiger partial charge < -0.3 is 10.1 Å². The molecule has 2 nitrogen and oxygen atoms in total. The molecule has 1 rings (SSSR count). The summed E-state index contributed by atoms with van der Waals surface area (Å²) < 4.78 is 19.1. The Hall–Kier alpha value is -1.09. The van der Waals surface area contributed by atoms with E-state index < -0.39 is 0 Å². The van der Waals surface area contributed by atoms with Gasteiger partial charge in [0.05, 0.1) is 0 Å². The lowest BCUT2D eigenvalue weighted by atomic mass is 10.0. The Morgan fingerprint density at radius 2 is 2.06 bits per heavy atom. The summed E-state index contributed by atoms with van der Waals surface area (Å²) in [5.74, 6) is 0.561. The average molecular weight is 253 g/mol. The van der Waals surface area contributed by atoms with Crippen molar-refractivity contribution in [3.05, 3.63) is 29.6 Å². The molecule has 0 radical (unpaired) electrons. The molecule has 0 aliphatic carbocycles. The fraction of sp³-hybridized carbons (Fsp3) is 0.600. The zero-order valence-electron chi connectivity index (χ0n) is 11.8. The topological polar surface area (TPSA) is 21.3 Å². The first kappa shape index (κ1) is 15.0. The van der Waals surface area contributed by atoms with Crippen molar-refractivity contribution >= 4 is 0 Å². The smallest absolute Gasteiger partial charge is 0.123 e. The molecule has 0 heterocycles. The molecule has 0 saturated heterocycles. The first-order chi connectivity index (χ1) is 8.62. The fourth-order valence-corrected chi connectivity index (χ4v) is 2.19. The molecule has 0 saturated carbocycles. The summed E-state index contributed by atoms with van der Waals surface area (Å²) in [5, 5.41) is 3.31. The number of nitrogens with one attached hydrogen (secondary N) is 1. The zero-order chi connectivity index (χ0) is 13.5. The van der Waals surface area contributed by atoms with Gasteiger partial charge in [0.2, 0.25) is 0 Å². The van der Waals surface area contributed by atoms with E-state index in [9.17, 15) is 4.39 Å². The van der Waals surface area contributed by atoms with Crippen LogP contribution in [-0.2, 0) is 0 Å². The van der Waals surface area contributed by atoms with E-state index >= 15 is 0 Å². The van der Waals surface area contributed by atoms with Gasteiger partial charge in [0.1, 0.15) is 17.7 Å². The molecule has 0 amide bonds. The zero-order valence-corrected chi connectivity index (χ0v) is 11.8. The molecule has 2 atom stereocenters. The molecular formula is C15H24FNO. The van der Waals surface area contributed by atoms with Crippen LogP contribution in [-0.4, -0.2) is 19.2 Å². The van der Waals surface area contributed by atoms with Crippen LogP contribution in [0.25, 0.3) is 0 Å². The van der Waals surface area contributed by atoms with Crippen molar-refractivity contribution in [1.82, 2.24) is 5.32 Å². The number of ether oxygens (including phenoxy) is 1. The number of benzene rings is 1. The summed E-state index contributed by atoms with van der Waals surface area (Å²) >= 11 is 0. The molecule has 1 N–H and O–H groups in total. The van der Waals surface area contributed by atoms with Gasteiger partial charge >= 0.3 is 0 Å². The van der Waals surface area contributed by atoms with Gasteiger partial charge in [0, 0.05) is 6.04 Å². The minimum Gasteiger partial charge on any atom is -0.489 e. The summed E-state index contributed by atoms with van der Waals surface area (Å²) in [6, 6.07) is 5.01. The lowest BCUT2D eigenvalue weighted by Gasteiger charge is -2.27. The van der Waals surface area contributed by atoms with E-state index in [0.717, 1.165) is 30.6 Å². The van der Waals surface area contributed by atoms with Gasteiger partial charge in [-0.25, -0.2) is 4.39 Å². The first-order valence-electron chi connectivity index (χ1n) is 6.72. The van der Waals surface area contributed by atoms with E-state index in [1.807, 2.05) is 14.0 Å². The molecule has 1 aromatic rings. The van der Waals surface area contributed by atoms with Crippen LogP contribution in [0.4, 0.5) is 4.39 Å². The van der Waals surface area contributed by atoms with Crippen LogP contribution in [0.1, 0.15) is 38.7 Å². The number of likely N-dealkylation sites (N-methyl/N-ethyl adjacent to an activating group) is 1. The molecule has 0 aliphatic heterocycles. The number of rotatable bonds is 7. The van der Waals surface area contributed by atoms with E-state index in [1.165, 1.54) is 12.1 Å². The lowest BCUT2D eigenvalue weighted by molar-refractivity contribution is 0.145. The Kier molecular flexibility index (Phi) is 6.13. The van der Waals surface area contributed by atoms with Gasteiger partial charge in [-0.3, -0.25) is 0 Å². The van der Waals surface area contributed by atoms with Crippen LogP contribution in [0.5, 0.6) is 5.75 Å². The largest absolute Gasteiger partial charge is 0.489 e. The molecule has 102 valence electrons. The second-order valence-electron chi connectivity index (χ2n) is 4.66. The van der Waals surface area contributed by atoms with Gasteiger partial charge in [-0.15, -0.1) is 0 Å². The summed E-state index contributed by atoms with van der Waals surface area (Å²) in [6.07, 6.45) is 3.25. The lowest BCUT2D eigenvalue weighted by Crippen LogP contribution is -2.40. The molecule has 3 heteroatoms. The highest BCUT2D eigenvalue weighted by Gasteiger charge is 2.19. The standard InChI is InChI=1S/C15H24FNO/c1-5-7-13(17-4)14(6-2)18-15-9-8-12(16)10-11(15)3/h8-10,13-14,17H,5-7H2,1-4H3. The van der Waals surface area contributed by atoms with Crippen LogP contribution in [0.3, 0.4) is 0 Å². The Morgan fingerprint density at radius 1 is 1.33 bits per heavy atom. The molecular weight excluding hydrogens is 229 g/mol. The number of hydrogen-bond acceptors (Lipinski definition) is 2. The molecule has 18 heavy (non-hydrogen) atoms. The highest BCUT2D eigenvalue weighted by atomic mass is 19.1. The fourth-order valence-electron chi connectivity index (χ4n) is 2.19. The van der Waals surface area contributed by atoms with Gasteiger partial charge in [-0.05, 0) is 50.6 Å². The van der Waals surface area contributed by atoms with E-state index in [0.29, 0.717) is 6.04 Å². The molecule has 0 aliphatic rings. The van der Waals surface area contributed by atoms with Crippen LogP contribution in [0.15, 0.2) is 18.2 Å². The first-order valence-corrected chi connectivity index (χ1v) is 6.72. The van der Waals surface area contributed by atoms with E-state index in [2.05, 4.69) is 19.2 Å². The molecule has 0 bridgehead atoms. The van der Waals surface area contributed by atoms with Crippen LogP contribution >= 0.6 is 0 Å². The quantitative estimate of drug-likeness (QED) is 0.800. The summed E-state index contributed by atoms with van der Waals surface area (Å²) in [6.45, 7) is 6.16. The van der Waals surface area contributed by atoms with E-state index in [4.69, 9.17) is 4.74 Å². The normalized spacial score (nSPS) is 14.3. The number of aryl methyl sites for hydroxylation is 1. The Labute approximate surface area is 110 Å². The van der Waals surface area contributed by atoms with Crippen molar-refractivity contribution < 1.29 is 9.13 Å². The third-order valence-electron chi connectivity index (χ3n) is 3.24. The molecule has 0 spiro atoms. The average Bonchev–Trinajstić information content (AvgIpc) is 2.36. The Balaban J connectivity index is 2.78. The second-order valence-corrected chi connectivity index (χ2v) is 4.66. The monoisotopic (exact) mass is 253 g/mol. The van der Waals surface area contributed by atoms with Gasteiger partial charge in [0.15, 0.2) is 0 Å². The number of hydrogen-bond donors (Lipinski definition) is 1. The second kappa shape index (κ2) is 7.37. The van der Waals surface area contributed by atoms with Gasteiger partial charge in [0.25, 0.3) is 0 Å². The maximum absolute atomic E-state index is 13.0. The van der Waals surface area contributed by atoms with E-state index in [-0.39, 0.29) is 11.9 Å². The summed E-state index contributed by atoms with van der Waals surface area (Å²) in [7, 11) is 1.96. The Morgan fingerprint density at radius 3 is 2.56 bits per heavy atom. The minimum absolute atomic E-state index is 0.124. The van der Waals surface area contributed by atoms with Crippen molar-refractivity contribution in [1.29, 1.82) is 0 Å². The predicted molar refractivity (Wildman–Crippen MR) is 73.6 cm³/mol. The maximum atomic E-state index is 13.0. The van der Waals surface area contributed by atoms with Crippen LogP contribution in [0.2, 0.25) is 0 Å². The highest BCUT2D eigenvalue weighted by molar-refractivity contribution is 5.32. The molecule has 2 unspecified atom stereocenters. The third-order valence-corrected chi connectivity index (χ3v) is 3.24. The summed E-state index contributed by atoms with van der Waals surface area (Å²) in [5.41, 5.74) is 0.847. The van der Waals surface area contributed by atoms with Crippen molar-refractivity contribution in [2.75, 3.05) is 7.05 Å². The highest BCUT2D eigenvalue weighted by Crippen LogP contribution is 2.22. The molecule has 0 fully saturated rings. The van der Waals surface area contributed by atoms with Gasteiger partial charge in [-0.2, -0.15) is 0 Å². The Bertz CT molecular complexity index is 368. The molecule has 0 aromatic heterocycles. The van der Waals surface area contributed by atoms with Crippen molar-refractivity contribution in [3.63, 3.8) is 0 Å². The minimum atomic E-state index is -0.216. The van der Waals surface area contributed by atoms with Crippen molar-refractivity contribution in [2.24, 2.45) is 0 Å². The van der Waals surface area contributed by atoms with Crippen molar-refractivity contribution in [2.45, 2.75) is 52.2 Å². The summed E-state index contributed by atoms with van der Waals surface area (Å²) in [4.78, 5) is 0. The maximum Gasteiger partial charge on any atom is 0.123 e. The van der Waals surface area contributed by atoms with E-state index in [1.54, 1.807) is 6.07 Å². The van der Waals surface area contributed by atoms with Crippen LogP contribution < -0.4 is 10.1 Å². The SMILES string of the molecule is CCCC(NC)C(CC)Oc1ccc(F)cc1C.